The minimum atomic E-state index is -0.619. The Labute approximate surface area is 444 Å². The number of amides is 1. The first kappa shape index (κ1) is 50.1. The van der Waals surface area contributed by atoms with Gasteiger partial charge in [0.1, 0.15) is 40.3 Å². The summed E-state index contributed by atoms with van der Waals surface area (Å²) < 4.78 is 12.3. The Morgan fingerprint density at radius 1 is 0.697 bits per heavy atom. The molecule has 1 amide bonds. The molecule has 2 unspecified atom stereocenters. The van der Waals surface area contributed by atoms with Crippen LogP contribution in [-0.2, 0) is 41.6 Å². The van der Waals surface area contributed by atoms with E-state index < -0.39 is 11.5 Å². The number of aromatic nitrogens is 9. The number of nitrogens with zero attached hydrogens (tertiary/aromatic N) is 10. The topological polar surface area (TPSA) is 237 Å². The SMILES string of the molecule is COCC(O)CN1CCC(Nc2nc(-c3cc(OC4CCC(Nc5nc(-c6ccccn6)nc6c5CCC6)CC4)cc(C4CCc5c(NCC6(C(N)=O)CCCC6)nc(-c6ccccn6)nc54)n3)nc3c2CCC3)CC1. The van der Waals surface area contributed by atoms with E-state index in [9.17, 15) is 9.90 Å². The first-order valence-corrected chi connectivity index (χ1v) is 27.9. The normalized spacial score (nSPS) is 21.4. The highest BCUT2D eigenvalue weighted by Gasteiger charge is 2.41. The highest BCUT2D eigenvalue weighted by Crippen LogP contribution is 2.44. The van der Waals surface area contributed by atoms with Gasteiger partial charge in [-0.25, -0.2) is 34.9 Å². The van der Waals surface area contributed by atoms with E-state index in [2.05, 4.69) is 36.9 Å². The summed E-state index contributed by atoms with van der Waals surface area (Å²) in [5.41, 5.74) is 15.0. The average Bonchev–Trinajstić information content (AvgIpc) is 4.32. The van der Waals surface area contributed by atoms with E-state index in [0.717, 1.165) is 180 Å². The number of nitrogens with two attached hydrogens (primary N) is 1. The Morgan fingerprint density at radius 2 is 1.32 bits per heavy atom. The predicted molar refractivity (Wildman–Crippen MR) is 290 cm³/mol. The molecule has 6 N–H and O–H groups in total. The first-order valence-electron chi connectivity index (χ1n) is 27.9. The number of hydrogen-bond acceptors (Lipinski definition) is 17. The summed E-state index contributed by atoms with van der Waals surface area (Å²) >= 11 is 0. The molecule has 6 aliphatic rings. The van der Waals surface area contributed by atoms with Crippen LogP contribution in [-0.4, -0.2) is 125 Å². The van der Waals surface area contributed by atoms with Crippen molar-refractivity contribution in [1.29, 1.82) is 0 Å². The number of fused-ring (bicyclic) bond motifs is 3. The van der Waals surface area contributed by atoms with Gasteiger partial charge in [0.25, 0.3) is 0 Å². The van der Waals surface area contributed by atoms with Crippen LogP contribution in [0, 0.1) is 5.41 Å². The second-order valence-corrected chi connectivity index (χ2v) is 22.0. The van der Waals surface area contributed by atoms with Gasteiger partial charge in [-0.3, -0.25) is 14.8 Å². The number of pyridine rings is 3. The zero-order valence-electron chi connectivity index (χ0n) is 43.6. The molecule has 12 rings (SSSR count). The molecule has 0 spiro atoms. The number of piperidine rings is 1. The summed E-state index contributed by atoms with van der Waals surface area (Å²) in [5.74, 6) is 4.60. The monoisotopic (exact) mass is 1030 g/mol. The van der Waals surface area contributed by atoms with Crippen LogP contribution in [0.4, 0.5) is 17.5 Å². The second kappa shape index (κ2) is 22.1. The summed E-state index contributed by atoms with van der Waals surface area (Å²) in [4.78, 5) is 61.0. The number of aliphatic hydroxyl groups excluding tert-OH is 1. The molecular formula is C58H70N14O4. The smallest absolute Gasteiger partial charge is 0.225 e. The lowest BCUT2D eigenvalue weighted by molar-refractivity contribution is -0.126. The maximum atomic E-state index is 12.9. The molecule has 6 aromatic rings. The van der Waals surface area contributed by atoms with Gasteiger partial charge < -0.3 is 41.2 Å². The third kappa shape index (κ3) is 10.7. The van der Waals surface area contributed by atoms with Crippen LogP contribution in [0.5, 0.6) is 5.75 Å². The minimum Gasteiger partial charge on any atom is -0.490 e. The van der Waals surface area contributed by atoms with Crippen LogP contribution in [0.2, 0.25) is 0 Å². The number of methoxy groups -OCH3 is 1. The molecule has 1 aliphatic heterocycles. The third-order valence-electron chi connectivity index (χ3n) is 16.9. The molecule has 7 heterocycles. The molecule has 0 radical (unpaired) electrons. The highest BCUT2D eigenvalue weighted by molar-refractivity contribution is 5.82. The van der Waals surface area contributed by atoms with E-state index >= 15 is 0 Å². The largest absolute Gasteiger partial charge is 0.490 e. The molecule has 3 fully saturated rings. The summed E-state index contributed by atoms with van der Waals surface area (Å²) in [6.07, 6.45) is 19.3. The number of nitrogens with one attached hydrogen (secondary N) is 3. The molecule has 2 saturated carbocycles. The van der Waals surface area contributed by atoms with Crippen LogP contribution in [0.25, 0.3) is 34.6 Å². The molecule has 0 aromatic carbocycles. The standard InChI is InChI=1S/C58H70N14O4/c1-75-33-37(73)32-72-28-22-36(23-29-72)64-53-42-11-9-15-45(42)67-56(71-53)49-31-39(76-38-18-16-35(17-19-38)63-52-41-10-8-14-44(41)66-54(70-52)46-12-2-6-26-60-46)30-48(65-49)40-20-21-43-50(40)68-55(47-13-3-7-27-61-47)69-51(43)62-34-58(57(59)74)24-4-5-25-58/h2-3,6-7,12-13,26-27,30-31,35-38,40,73H,4-5,8-11,14-25,28-29,32-34H2,1H3,(H2,59,74)(H,62,68,69)(H,63,66,70)(H,64,67,71). The third-order valence-corrected chi connectivity index (χ3v) is 16.9. The number of ether oxygens (including phenoxy) is 2. The molecule has 5 aliphatic carbocycles. The van der Waals surface area contributed by atoms with E-state index in [1.165, 1.54) is 11.1 Å². The van der Waals surface area contributed by atoms with Crippen LogP contribution < -0.4 is 26.4 Å². The molecule has 1 saturated heterocycles. The van der Waals surface area contributed by atoms with Crippen molar-refractivity contribution >= 4 is 23.4 Å². The Kier molecular flexibility index (Phi) is 14.5. The molecule has 6 aromatic heterocycles. The Bertz CT molecular complexity index is 3030. The second-order valence-electron chi connectivity index (χ2n) is 22.0. The number of carbonyl (C=O) groups excluding carboxylic acids is 1. The van der Waals surface area contributed by atoms with Gasteiger partial charge in [-0.05, 0) is 127 Å². The number of carbonyl (C=O) groups is 1. The van der Waals surface area contributed by atoms with Crippen molar-refractivity contribution in [3.05, 3.63) is 100 Å². The number of β-amino-alcohol motifs (C(OH)–C–C–N with tert-alkyl or cyclic N) is 1. The summed E-state index contributed by atoms with van der Waals surface area (Å²) in [6.45, 7) is 3.12. The molecule has 2 atom stereocenters. The van der Waals surface area contributed by atoms with E-state index in [1.807, 2.05) is 42.5 Å². The fourth-order valence-electron chi connectivity index (χ4n) is 12.7. The van der Waals surface area contributed by atoms with Crippen molar-refractivity contribution in [2.24, 2.45) is 11.1 Å². The van der Waals surface area contributed by atoms with Crippen LogP contribution in [0.3, 0.4) is 0 Å². The molecular weight excluding hydrogens is 957 g/mol. The zero-order valence-corrected chi connectivity index (χ0v) is 43.6. The first-order chi connectivity index (χ1) is 37.2. The maximum Gasteiger partial charge on any atom is 0.225 e. The summed E-state index contributed by atoms with van der Waals surface area (Å²) in [7, 11) is 1.63. The minimum absolute atomic E-state index is 0.0149. The van der Waals surface area contributed by atoms with Crippen LogP contribution in [0.1, 0.15) is 129 Å². The molecule has 76 heavy (non-hydrogen) atoms. The van der Waals surface area contributed by atoms with Gasteiger partial charge in [0.2, 0.25) is 5.91 Å². The predicted octanol–water partition coefficient (Wildman–Crippen LogP) is 7.44. The number of anilines is 3. The Morgan fingerprint density at radius 3 is 1.93 bits per heavy atom. The van der Waals surface area contributed by atoms with Gasteiger partial charge in [0, 0.05) is 104 Å². The van der Waals surface area contributed by atoms with E-state index in [1.54, 1.807) is 19.5 Å². The Hall–Kier alpha value is -6.76. The van der Waals surface area contributed by atoms with Crippen molar-refractivity contribution in [1.82, 2.24) is 49.8 Å². The number of aliphatic hydroxyl groups is 1. The van der Waals surface area contributed by atoms with Crippen LogP contribution >= 0.6 is 0 Å². The van der Waals surface area contributed by atoms with Crippen molar-refractivity contribution < 1.29 is 19.4 Å². The fraction of sp³-hybridized carbons (Fsp3) is 0.517. The maximum absolute atomic E-state index is 12.9. The zero-order chi connectivity index (χ0) is 51.6. The van der Waals surface area contributed by atoms with Crippen molar-refractivity contribution in [2.75, 3.05) is 55.8 Å². The van der Waals surface area contributed by atoms with Gasteiger partial charge in [-0.15, -0.1) is 0 Å². The van der Waals surface area contributed by atoms with Gasteiger partial charge in [0.15, 0.2) is 17.5 Å². The quantitative estimate of drug-likeness (QED) is 0.0562. The summed E-state index contributed by atoms with van der Waals surface area (Å²) in [6, 6.07) is 16.3. The number of rotatable bonds is 18. The van der Waals surface area contributed by atoms with Gasteiger partial charge in [-0.2, -0.15) is 0 Å². The van der Waals surface area contributed by atoms with Crippen molar-refractivity contribution in [3.63, 3.8) is 0 Å². The highest BCUT2D eigenvalue weighted by atomic mass is 16.5. The number of likely N-dealkylation sites (tertiary alicyclic amines) is 1. The number of hydrogen-bond donors (Lipinski definition) is 5. The molecule has 396 valence electrons. The van der Waals surface area contributed by atoms with Gasteiger partial charge in [0.05, 0.1) is 35.6 Å². The lowest BCUT2D eigenvalue weighted by atomic mass is 9.85. The van der Waals surface area contributed by atoms with E-state index in [0.29, 0.717) is 54.4 Å². The number of aryl methyl sites for hydroxylation is 2. The summed E-state index contributed by atoms with van der Waals surface area (Å²) in [5, 5.41) is 21.8. The van der Waals surface area contributed by atoms with Gasteiger partial charge in [-0.1, -0.05) is 25.0 Å². The van der Waals surface area contributed by atoms with Crippen LogP contribution in [0.15, 0.2) is 60.9 Å². The Balaban J connectivity index is 0.850. The van der Waals surface area contributed by atoms with E-state index in [-0.39, 0.29) is 30.0 Å². The van der Waals surface area contributed by atoms with Gasteiger partial charge >= 0.3 is 0 Å². The molecule has 18 nitrogen and oxygen atoms in total. The lowest BCUT2D eigenvalue weighted by Crippen LogP contribution is -2.43. The lowest BCUT2D eigenvalue weighted by Gasteiger charge is -2.34. The molecule has 18 heteroatoms. The van der Waals surface area contributed by atoms with Crippen molar-refractivity contribution in [3.8, 4) is 40.3 Å². The average molecular weight is 1030 g/mol. The fourth-order valence-corrected chi connectivity index (χ4v) is 12.7. The number of primary amides is 1. The van der Waals surface area contributed by atoms with Crippen molar-refractivity contribution in [2.45, 2.75) is 146 Å². The van der Waals surface area contributed by atoms with E-state index in [4.69, 9.17) is 50.1 Å². The molecule has 0 bridgehead atoms.